The van der Waals surface area contributed by atoms with Crippen LogP contribution in [0.1, 0.15) is 50.8 Å². The van der Waals surface area contributed by atoms with E-state index in [0.717, 1.165) is 23.3 Å². The molecular weight excluding hydrogens is 226 g/mol. The second-order valence-electron chi connectivity index (χ2n) is 5.23. The van der Waals surface area contributed by atoms with Crippen molar-refractivity contribution in [2.75, 3.05) is 5.73 Å². The highest BCUT2D eigenvalue weighted by Crippen LogP contribution is 2.33. The third-order valence-corrected chi connectivity index (χ3v) is 4.04. The first-order valence-electron chi connectivity index (χ1n) is 6.91. The standard InChI is InChI=1S/C13H21N5/c1-3-10-11-12(17(2)16-10)18(13(14)15-11)9-7-5-4-6-8-9/h9H,3-8H2,1-2H3,(H2,14,15). The molecule has 98 valence electrons. The summed E-state index contributed by atoms with van der Waals surface area (Å²) in [4.78, 5) is 4.54. The Morgan fingerprint density at radius 3 is 2.67 bits per heavy atom. The fraction of sp³-hybridized carbons (Fsp3) is 0.692. The Labute approximate surface area is 107 Å². The number of aromatic nitrogens is 4. The Bertz CT molecular complexity index is 559. The van der Waals surface area contributed by atoms with Crippen LogP contribution >= 0.6 is 0 Å². The highest BCUT2D eigenvalue weighted by atomic mass is 15.4. The van der Waals surface area contributed by atoms with Crippen molar-refractivity contribution in [3.8, 4) is 0 Å². The van der Waals surface area contributed by atoms with Crippen LogP contribution in [0.15, 0.2) is 0 Å². The van der Waals surface area contributed by atoms with Crippen LogP contribution in [-0.4, -0.2) is 19.3 Å². The lowest BCUT2D eigenvalue weighted by Crippen LogP contribution is -2.16. The van der Waals surface area contributed by atoms with Crippen molar-refractivity contribution in [3.05, 3.63) is 5.69 Å². The summed E-state index contributed by atoms with van der Waals surface area (Å²) in [7, 11) is 1.99. The van der Waals surface area contributed by atoms with Crippen molar-refractivity contribution >= 4 is 17.1 Å². The molecule has 1 fully saturated rings. The molecule has 1 saturated carbocycles. The van der Waals surface area contributed by atoms with Crippen LogP contribution in [0.2, 0.25) is 0 Å². The molecule has 0 amide bonds. The van der Waals surface area contributed by atoms with Gasteiger partial charge in [-0.2, -0.15) is 5.10 Å². The van der Waals surface area contributed by atoms with Gasteiger partial charge >= 0.3 is 0 Å². The largest absolute Gasteiger partial charge is 0.369 e. The average Bonchev–Trinajstić information content (AvgIpc) is 2.87. The first-order valence-corrected chi connectivity index (χ1v) is 6.91. The molecule has 5 heteroatoms. The van der Waals surface area contributed by atoms with Crippen LogP contribution in [0, 0.1) is 0 Å². The number of hydrogen-bond acceptors (Lipinski definition) is 3. The van der Waals surface area contributed by atoms with Crippen molar-refractivity contribution in [1.29, 1.82) is 0 Å². The minimum Gasteiger partial charge on any atom is -0.369 e. The number of nitrogen functional groups attached to an aromatic ring is 1. The van der Waals surface area contributed by atoms with E-state index in [9.17, 15) is 0 Å². The number of fused-ring (bicyclic) bond motifs is 1. The minimum absolute atomic E-state index is 0.504. The number of imidazole rings is 1. The van der Waals surface area contributed by atoms with Crippen LogP contribution < -0.4 is 5.73 Å². The van der Waals surface area contributed by atoms with E-state index in [1.165, 1.54) is 32.1 Å². The highest BCUT2D eigenvalue weighted by molar-refractivity contribution is 5.78. The van der Waals surface area contributed by atoms with Crippen LogP contribution in [0.25, 0.3) is 11.2 Å². The molecule has 0 atom stereocenters. The molecule has 2 aromatic heterocycles. The summed E-state index contributed by atoms with van der Waals surface area (Å²) in [5.41, 5.74) is 9.26. The molecule has 1 aliphatic carbocycles. The fourth-order valence-electron chi connectivity index (χ4n) is 3.16. The van der Waals surface area contributed by atoms with Crippen LogP contribution in [0.4, 0.5) is 5.95 Å². The molecule has 0 saturated heterocycles. The van der Waals surface area contributed by atoms with Gasteiger partial charge in [-0.05, 0) is 19.3 Å². The molecule has 0 bridgehead atoms. The topological polar surface area (TPSA) is 61.7 Å². The van der Waals surface area contributed by atoms with Crippen molar-refractivity contribution in [3.63, 3.8) is 0 Å². The Balaban J connectivity index is 2.15. The third kappa shape index (κ3) is 1.61. The Kier molecular flexibility index (Phi) is 2.76. The predicted octanol–water partition coefficient (Wildman–Crippen LogP) is 2.42. The maximum atomic E-state index is 6.13. The quantitative estimate of drug-likeness (QED) is 0.886. The van der Waals surface area contributed by atoms with Gasteiger partial charge in [0.05, 0.1) is 5.69 Å². The van der Waals surface area contributed by atoms with E-state index in [1.807, 2.05) is 11.7 Å². The molecular formula is C13H21N5. The zero-order valence-electron chi connectivity index (χ0n) is 11.2. The average molecular weight is 247 g/mol. The monoisotopic (exact) mass is 247 g/mol. The zero-order valence-corrected chi connectivity index (χ0v) is 11.2. The number of aryl methyl sites for hydroxylation is 2. The van der Waals surface area contributed by atoms with E-state index in [4.69, 9.17) is 5.73 Å². The van der Waals surface area contributed by atoms with Gasteiger partial charge in [-0.25, -0.2) is 4.98 Å². The third-order valence-electron chi connectivity index (χ3n) is 4.04. The maximum absolute atomic E-state index is 6.13. The van der Waals surface area contributed by atoms with Gasteiger partial charge in [-0.3, -0.25) is 9.25 Å². The molecule has 2 aromatic rings. The van der Waals surface area contributed by atoms with Gasteiger partial charge in [0.15, 0.2) is 5.65 Å². The van der Waals surface area contributed by atoms with Crippen LogP contribution in [-0.2, 0) is 13.5 Å². The zero-order chi connectivity index (χ0) is 12.7. The Morgan fingerprint density at radius 1 is 1.28 bits per heavy atom. The predicted molar refractivity (Wildman–Crippen MR) is 72.4 cm³/mol. The van der Waals surface area contributed by atoms with Gasteiger partial charge in [-0.1, -0.05) is 26.2 Å². The summed E-state index contributed by atoms with van der Waals surface area (Å²) in [5.74, 6) is 0.652. The number of rotatable bonds is 2. The second kappa shape index (κ2) is 4.30. The molecule has 0 aromatic carbocycles. The molecule has 0 unspecified atom stereocenters. The lowest BCUT2D eigenvalue weighted by molar-refractivity contribution is 0.359. The highest BCUT2D eigenvalue weighted by Gasteiger charge is 2.23. The Morgan fingerprint density at radius 2 is 2.00 bits per heavy atom. The number of hydrogen-bond donors (Lipinski definition) is 1. The van der Waals surface area contributed by atoms with Gasteiger partial charge < -0.3 is 5.73 Å². The van der Waals surface area contributed by atoms with Gasteiger partial charge in [0.25, 0.3) is 0 Å². The summed E-state index contributed by atoms with van der Waals surface area (Å²) >= 11 is 0. The smallest absolute Gasteiger partial charge is 0.202 e. The molecule has 18 heavy (non-hydrogen) atoms. The van der Waals surface area contributed by atoms with Crippen LogP contribution in [0.5, 0.6) is 0 Å². The van der Waals surface area contributed by atoms with E-state index < -0.39 is 0 Å². The van der Waals surface area contributed by atoms with Gasteiger partial charge in [0.2, 0.25) is 5.95 Å². The second-order valence-corrected chi connectivity index (χ2v) is 5.23. The number of nitrogens with zero attached hydrogens (tertiary/aromatic N) is 4. The minimum atomic E-state index is 0.504. The summed E-state index contributed by atoms with van der Waals surface area (Å²) in [6.45, 7) is 2.11. The summed E-state index contributed by atoms with van der Waals surface area (Å²) < 4.78 is 4.15. The van der Waals surface area contributed by atoms with Crippen molar-refractivity contribution in [1.82, 2.24) is 19.3 Å². The lowest BCUT2D eigenvalue weighted by Gasteiger charge is -2.24. The first-order chi connectivity index (χ1) is 8.72. The molecule has 0 aliphatic heterocycles. The normalized spacial score (nSPS) is 17.7. The number of nitrogens with two attached hydrogens (primary N) is 1. The first kappa shape index (κ1) is 11.6. The fourth-order valence-corrected chi connectivity index (χ4v) is 3.16. The van der Waals surface area contributed by atoms with Crippen LogP contribution in [0.3, 0.4) is 0 Å². The van der Waals surface area contributed by atoms with Crippen molar-refractivity contribution in [2.24, 2.45) is 7.05 Å². The molecule has 5 nitrogen and oxygen atoms in total. The summed E-state index contributed by atoms with van der Waals surface area (Å²) in [5, 5.41) is 4.54. The van der Waals surface area contributed by atoms with E-state index in [2.05, 4.69) is 21.6 Å². The summed E-state index contributed by atoms with van der Waals surface area (Å²) in [6, 6.07) is 0.504. The van der Waals surface area contributed by atoms with E-state index >= 15 is 0 Å². The van der Waals surface area contributed by atoms with Crippen molar-refractivity contribution < 1.29 is 0 Å². The van der Waals surface area contributed by atoms with Gasteiger partial charge in [-0.15, -0.1) is 0 Å². The van der Waals surface area contributed by atoms with Gasteiger partial charge in [0.1, 0.15) is 5.52 Å². The van der Waals surface area contributed by atoms with Crippen molar-refractivity contribution in [2.45, 2.75) is 51.5 Å². The molecule has 0 spiro atoms. The molecule has 1 aliphatic rings. The van der Waals surface area contributed by atoms with E-state index in [1.54, 1.807) is 0 Å². The summed E-state index contributed by atoms with van der Waals surface area (Å²) in [6.07, 6.45) is 7.26. The molecule has 2 N–H and O–H groups in total. The molecule has 3 rings (SSSR count). The Hall–Kier alpha value is -1.52. The number of anilines is 1. The molecule has 0 radical (unpaired) electrons. The van der Waals surface area contributed by atoms with E-state index in [0.29, 0.717) is 12.0 Å². The van der Waals surface area contributed by atoms with E-state index in [-0.39, 0.29) is 0 Å². The van der Waals surface area contributed by atoms with Gasteiger partial charge in [0, 0.05) is 13.1 Å². The lowest BCUT2D eigenvalue weighted by atomic mass is 9.95. The molecule has 2 heterocycles. The maximum Gasteiger partial charge on any atom is 0.202 e. The SMILES string of the molecule is CCc1nn(C)c2c1nc(N)n2C1CCCCC1.